The Morgan fingerprint density at radius 1 is 1.19 bits per heavy atom. The molecule has 0 aliphatic carbocycles. The number of nitrogens with two attached hydrogens (primary N) is 1. The number of hydrogen-bond acceptors (Lipinski definition) is 7. The highest BCUT2D eigenvalue weighted by Crippen LogP contribution is 2.34. The monoisotopic (exact) mass is 511 g/mol. The lowest BCUT2D eigenvalue weighted by Gasteiger charge is -2.22. The van der Waals surface area contributed by atoms with Crippen LogP contribution in [0.5, 0.6) is 0 Å². The van der Waals surface area contributed by atoms with Crippen LogP contribution < -0.4 is 5.73 Å². The summed E-state index contributed by atoms with van der Waals surface area (Å²) in [6.45, 7) is 3.82. The zero-order valence-electron chi connectivity index (χ0n) is 20.2. The predicted molar refractivity (Wildman–Crippen MR) is 126 cm³/mol. The van der Waals surface area contributed by atoms with Gasteiger partial charge in [-0.15, -0.1) is 10.2 Å². The van der Waals surface area contributed by atoms with E-state index < -0.39 is 29.1 Å². The van der Waals surface area contributed by atoms with Gasteiger partial charge in [-0.25, -0.2) is 18.2 Å². The fourth-order valence-electron chi connectivity index (χ4n) is 4.49. The Morgan fingerprint density at radius 3 is 2.65 bits per heavy atom. The maximum absolute atomic E-state index is 14.8. The number of carbonyl (C=O) groups excluding carboxylic acids is 1. The van der Waals surface area contributed by atoms with Gasteiger partial charge in [-0.2, -0.15) is 0 Å². The van der Waals surface area contributed by atoms with Crippen molar-refractivity contribution >= 4 is 5.91 Å². The van der Waals surface area contributed by atoms with Gasteiger partial charge in [-0.3, -0.25) is 4.79 Å². The molecule has 2 aromatic heterocycles. The number of halogens is 3. The number of likely N-dealkylation sites (tertiary alicyclic amines) is 1. The van der Waals surface area contributed by atoms with Crippen LogP contribution in [0.15, 0.2) is 51.5 Å². The molecule has 192 valence electrons. The van der Waals surface area contributed by atoms with E-state index in [9.17, 15) is 18.0 Å². The van der Waals surface area contributed by atoms with E-state index in [1.54, 1.807) is 26.0 Å². The highest BCUT2D eigenvalue weighted by atomic mass is 19.2. The first-order valence-electron chi connectivity index (χ1n) is 11.7. The van der Waals surface area contributed by atoms with Crippen LogP contribution in [0.25, 0.3) is 11.5 Å². The second-order valence-corrected chi connectivity index (χ2v) is 9.44. The maximum Gasteiger partial charge on any atom is 0.254 e. The van der Waals surface area contributed by atoms with Crippen LogP contribution in [-0.2, 0) is 12.0 Å². The lowest BCUT2D eigenvalue weighted by atomic mass is 9.94. The molecule has 11 heteroatoms. The summed E-state index contributed by atoms with van der Waals surface area (Å²) in [7, 11) is 0. The van der Waals surface area contributed by atoms with Gasteiger partial charge >= 0.3 is 0 Å². The molecule has 2 N–H and O–H groups in total. The number of aromatic nitrogens is 3. The van der Waals surface area contributed by atoms with Crippen LogP contribution >= 0.6 is 0 Å². The van der Waals surface area contributed by atoms with Crippen LogP contribution in [0.1, 0.15) is 59.2 Å². The van der Waals surface area contributed by atoms with Crippen LogP contribution in [0.3, 0.4) is 0 Å². The molecule has 0 radical (unpaired) electrons. The summed E-state index contributed by atoms with van der Waals surface area (Å²) in [5, 5.41) is 7.79. The van der Waals surface area contributed by atoms with Crippen molar-refractivity contribution in [3.05, 3.63) is 88.7 Å². The average molecular weight is 512 g/mol. The van der Waals surface area contributed by atoms with E-state index in [0.29, 0.717) is 31.0 Å². The minimum Gasteiger partial charge on any atom is -0.446 e. The molecule has 4 aromatic rings. The molecule has 1 saturated heterocycles. The summed E-state index contributed by atoms with van der Waals surface area (Å²) in [4.78, 5) is 19.2. The summed E-state index contributed by atoms with van der Waals surface area (Å²) in [5.74, 6) is -3.30. The molecule has 0 saturated carbocycles. The molecule has 37 heavy (non-hydrogen) atoms. The van der Waals surface area contributed by atoms with Crippen molar-refractivity contribution in [2.75, 3.05) is 6.54 Å². The molecule has 2 aromatic carbocycles. The van der Waals surface area contributed by atoms with Gasteiger partial charge in [0.05, 0.1) is 16.8 Å². The van der Waals surface area contributed by atoms with Crippen molar-refractivity contribution in [2.45, 2.75) is 44.7 Å². The Bertz CT molecular complexity index is 1450. The lowest BCUT2D eigenvalue weighted by molar-refractivity contribution is 0.0715. The molecule has 0 spiro atoms. The van der Waals surface area contributed by atoms with E-state index in [2.05, 4.69) is 15.2 Å². The molecule has 1 aliphatic rings. The Morgan fingerprint density at radius 2 is 1.95 bits per heavy atom. The zero-order valence-corrected chi connectivity index (χ0v) is 20.2. The molecule has 0 unspecified atom stereocenters. The summed E-state index contributed by atoms with van der Waals surface area (Å²) in [6.07, 6.45) is 3.07. The molecule has 1 fully saturated rings. The van der Waals surface area contributed by atoms with E-state index in [1.165, 1.54) is 29.4 Å². The third-order valence-corrected chi connectivity index (χ3v) is 6.34. The molecule has 1 amide bonds. The smallest absolute Gasteiger partial charge is 0.254 e. The van der Waals surface area contributed by atoms with Gasteiger partial charge in [0.2, 0.25) is 11.8 Å². The molecule has 1 aliphatic heterocycles. The van der Waals surface area contributed by atoms with E-state index in [-0.39, 0.29) is 35.1 Å². The molecule has 0 bridgehead atoms. The summed E-state index contributed by atoms with van der Waals surface area (Å²) < 4.78 is 53.8. The summed E-state index contributed by atoms with van der Waals surface area (Å²) in [6, 6.07) is 7.38. The standard InChI is InChI=1S/C26H24F3N5O3/c1-14-13-36-23(31-14)20-4-3-9-34(20)24(35)16-10-18(21(29)19(28)11-16)22-32-33-25(37-22)26(2,30)12-15-5-7-17(27)8-6-15/h5-8,10-11,13,20H,3-4,9,12,30H2,1-2H3/t20-,26+/m0/s1. The molecule has 2 atom stereocenters. The third-order valence-electron chi connectivity index (χ3n) is 6.34. The number of oxazole rings is 1. The van der Waals surface area contributed by atoms with Gasteiger partial charge in [-0.05, 0) is 62.9 Å². The Balaban J connectivity index is 1.43. The first kappa shape index (κ1) is 24.7. The number of amides is 1. The minimum absolute atomic E-state index is 0.0257. The van der Waals surface area contributed by atoms with Crippen molar-refractivity contribution in [3.8, 4) is 11.5 Å². The van der Waals surface area contributed by atoms with Crippen molar-refractivity contribution in [2.24, 2.45) is 5.73 Å². The maximum atomic E-state index is 14.8. The highest BCUT2D eigenvalue weighted by molar-refractivity contribution is 5.95. The van der Waals surface area contributed by atoms with E-state index in [4.69, 9.17) is 14.6 Å². The largest absolute Gasteiger partial charge is 0.446 e. The second kappa shape index (κ2) is 9.47. The first-order chi connectivity index (χ1) is 17.6. The van der Waals surface area contributed by atoms with E-state index >= 15 is 0 Å². The Hall–Kier alpha value is -3.99. The van der Waals surface area contributed by atoms with E-state index in [0.717, 1.165) is 11.6 Å². The Labute approximate surface area is 210 Å². The van der Waals surface area contributed by atoms with Crippen molar-refractivity contribution in [3.63, 3.8) is 0 Å². The SMILES string of the molecule is Cc1coc([C@@H]2CCCN2C(=O)c2cc(F)c(F)c(-c3nnc([C@](C)(N)Cc4ccc(F)cc4)o3)c2)n1. The quantitative estimate of drug-likeness (QED) is 0.394. The highest BCUT2D eigenvalue weighted by Gasteiger charge is 2.35. The normalized spacial score (nSPS) is 17.2. The van der Waals surface area contributed by atoms with Crippen molar-refractivity contribution in [1.82, 2.24) is 20.1 Å². The van der Waals surface area contributed by atoms with Gasteiger partial charge in [0, 0.05) is 12.1 Å². The lowest BCUT2D eigenvalue weighted by Crippen LogP contribution is -2.35. The van der Waals surface area contributed by atoms with E-state index in [1.807, 2.05) is 0 Å². The van der Waals surface area contributed by atoms with Crippen LogP contribution in [-0.4, -0.2) is 32.5 Å². The number of hydrogen-bond donors (Lipinski definition) is 1. The molecule has 8 nitrogen and oxygen atoms in total. The Kier molecular flexibility index (Phi) is 6.32. The summed E-state index contributed by atoms with van der Waals surface area (Å²) >= 11 is 0. The van der Waals surface area contributed by atoms with Crippen LogP contribution in [0.4, 0.5) is 13.2 Å². The van der Waals surface area contributed by atoms with Gasteiger partial charge in [0.15, 0.2) is 11.6 Å². The number of rotatable bonds is 6. The minimum atomic E-state index is -1.23. The predicted octanol–water partition coefficient (Wildman–Crippen LogP) is 4.84. The molecular weight excluding hydrogens is 487 g/mol. The van der Waals surface area contributed by atoms with Crippen LogP contribution in [0.2, 0.25) is 0 Å². The van der Waals surface area contributed by atoms with Gasteiger partial charge in [-0.1, -0.05) is 12.1 Å². The van der Waals surface area contributed by atoms with Gasteiger partial charge in [0.1, 0.15) is 18.1 Å². The topological polar surface area (TPSA) is 111 Å². The fraction of sp³-hybridized carbons (Fsp3) is 0.308. The fourth-order valence-corrected chi connectivity index (χ4v) is 4.49. The molecule has 5 rings (SSSR count). The first-order valence-corrected chi connectivity index (χ1v) is 11.7. The second-order valence-electron chi connectivity index (χ2n) is 9.44. The van der Waals surface area contributed by atoms with Crippen molar-refractivity contribution < 1.29 is 26.8 Å². The van der Waals surface area contributed by atoms with Crippen LogP contribution in [0, 0.1) is 24.4 Å². The molecular formula is C26H24F3N5O3. The number of nitrogens with zero attached hydrogens (tertiary/aromatic N) is 4. The van der Waals surface area contributed by atoms with Gasteiger partial charge in [0.25, 0.3) is 11.8 Å². The van der Waals surface area contributed by atoms with Crippen molar-refractivity contribution in [1.29, 1.82) is 0 Å². The molecule has 3 heterocycles. The zero-order chi connectivity index (χ0) is 26.3. The average Bonchev–Trinajstić information content (AvgIpc) is 3.62. The summed E-state index contributed by atoms with van der Waals surface area (Å²) in [5.41, 5.74) is 6.16. The number of benzene rings is 2. The van der Waals surface area contributed by atoms with Gasteiger partial charge < -0.3 is 19.5 Å². The third kappa shape index (κ3) is 4.86. The number of aryl methyl sites for hydroxylation is 1. The number of carbonyl (C=O) groups is 1.